The summed E-state index contributed by atoms with van der Waals surface area (Å²) in [6.45, 7) is 2.05. The molecule has 5 heteroatoms. The lowest BCUT2D eigenvalue weighted by Gasteiger charge is -2.29. The lowest BCUT2D eigenvalue weighted by atomic mass is 9.77. The van der Waals surface area contributed by atoms with Crippen LogP contribution in [0.2, 0.25) is 0 Å². The van der Waals surface area contributed by atoms with Gasteiger partial charge in [0, 0.05) is 5.56 Å². The molecule has 4 rings (SSSR count). The minimum absolute atomic E-state index is 0.203. The van der Waals surface area contributed by atoms with E-state index < -0.39 is 17.5 Å². The fourth-order valence-electron chi connectivity index (χ4n) is 5.93. The highest BCUT2D eigenvalue weighted by atomic mass is 19.2. The van der Waals surface area contributed by atoms with Crippen LogP contribution in [-0.4, -0.2) is 16.3 Å². The molecule has 0 spiro atoms. The molecular formula is C30H37F3O2. The van der Waals surface area contributed by atoms with Gasteiger partial charge in [0.05, 0.1) is 6.10 Å². The van der Waals surface area contributed by atoms with Crippen molar-refractivity contribution < 1.29 is 23.4 Å². The average molecular weight is 487 g/mol. The second-order valence-corrected chi connectivity index (χ2v) is 10.5. The van der Waals surface area contributed by atoms with Crippen LogP contribution in [0.4, 0.5) is 13.2 Å². The van der Waals surface area contributed by atoms with Gasteiger partial charge in [0.25, 0.3) is 0 Å². The summed E-state index contributed by atoms with van der Waals surface area (Å²) in [4.78, 5) is 0. The first kappa shape index (κ1) is 25.8. The number of benzene rings is 2. The molecule has 0 heterocycles. The molecule has 1 fully saturated rings. The molecule has 0 radical (unpaired) electrons. The van der Waals surface area contributed by atoms with Crippen LogP contribution in [-0.2, 0) is 6.42 Å². The maximum absolute atomic E-state index is 15.0. The van der Waals surface area contributed by atoms with Gasteiger partial charge in [0.1, 0.15) is 0 Å². The maximum Gasteiger partial charge on any atom is 0.166 e. The SMILES string of the molecule is CCCC(O)C1CC=C(c2ccc(CCC3CCC(c4ccc(O)c(F)c4)CC3)c(F)c2F)CC1. The van der Waals surface area contributed by atoms with Crippen molar-refractivity contribution in [3.05, 3.63) is 70.5 Å². The Bertz CT molecular complexity index is 1040. The normalized spacial score (nSPS) is 23.7. The molecule has 0 aliphatic heterocycles. The number of aromatic hydroxyl groups is 1. The van der Waals surface area contributed by atoms with E-state index in [4.69, 9.17) is 0 Å². The molecule has 2 aromatic rings. The summed E-state index contributed by atoms with van der Waals surface area (Å²) in [6.07, 6.45) is 10.7. The minimum atomic E-state index is -0.751. The van der Waals surface area contributed by atoms with Crippen molar-refractivity contribution in [3.8, 4) is 5.75 Å². The van der Waals surface area contributed by atoms with Gasteiger partial charge in [-0.05, 0) is 111 Å². The summed E-state index contributed by atoms with van der Waals surface area (Å²) in [5.41, 5.74) is 2.56. The van der Waals surface area contributed by atoms with Crippen molar-refractivity contribution in [2.45, 2.75) is 89.6 Å². The van der Waals surface area contributed by atoms with Gasteiger partial charge in [-0.3, -0.25) is 0 Å². The molecule has 2 aliphatic carbocycles. The van der Waals surface area contributed by atoms with Crippen molar-refractivity contribution >= 4 is 5.57 Å². The lowest BCUT2D eigenvalue weighted by Crippen LogP contribution is -2.22. The van der Waals surface area contributed by atoms with Gasteiger partial charge in [-0.25, -0.2) is 13.2 Å². The zero-order chi connectivity index (χ0) is 24.9. The third kappa shape index (κ3) is 6.11. The molecule has 0 saturated heterocycles. The van der Waals surface area contributed by atoms with E-state index in [0.717, 1.165) is 62.5 Å². The van der Waals surface area contributed by atoms with Gasteiger partial charge in [-0.15, -0.1) is 0 Å². The average Bonchev–Trinajstić information content (AvgIpc) is 2.87. The predicted molar refractivity (Wildman–Crippen MR) is 134 cm³/mol. The molecule has 190 valence electrons. The molecule has 0 aromatic heterocycles. The molecular weight excluding hydrogens is 449 g/mol. The van der Waals surface area contributed by atoms with Crippen LogP contribution in [0.15, 0.2) is 36.4 Å². The number of allylic oxidation sites excluding steroid dienone is 2. The standard InChI is InChI=1S/C30H37F3O2/c1-2-3-27(34)22-12-10-21(11-13-22)25-16-14-23(29(32)30(25)33)9-6-19-4-7-20(8-5-19)24-15-17-28(35)26(31)18-24/h10,14-20,22,27,34-35H,2-9,11-13H2,1H3. The molecule has 0 amide bonds. The van der Waals surface area contributed by atoms with Crippen molar-refractivity contribution in [1.82, 2.24) is 0 Å². The first-order chi connectivity index (χ1) is 16.9. The van der Waals surface area contributed by atoms with Gasteiger partial charge in [0.2, 0.25) is 0 Å². The maximum atomic E-state index is 15.0. The highest BCUT2D eigenvalue weighted by Gasteiger charge is 2.26. The van der Waals surface area contributed by atoms with Crippen molar-refractivity contribution in [1.29, 1.82) is 0 Å². The summed E-state index contributed by atoms with van der Waals surface area (Å²) < 4.78 is 43.6. The first-order valence-corrected chi connectivity index (χ1v) is 13.2. The highest BCUT2D eigenvalue weighted by Crippen LogP contribution is 2.39. The number of halogens is 3. The Morgan fingerprint density at radius 1 is 0.971 bits per heavy atom. The molecule has 2 nitrogen and oxygen atoms in total. The van der Waals surface area contributed by atoms with Gasteiger partial charge in [-0.1, -0.05) is 37.6 Å². The summed E-state index contributed by atoms with van der Waals surface area (Å²) in [7, 11) is 0. The van der Waals surface area contributed by atoms with E-state index in [0.29, 0.717) is 36.3 Å². The number of aliphatic hydroxyl groups is 1. The van der Waals surface area contributed by atoms with Gasteiger partial charge in [0.15, 0.2) is 23.2 Å². The van der Waals surface area contributed by atoms with Crippen molar-refractivity contribution in [2.24, 2.45) is 11.8 Å². The third-order valence-corrected chi connectivity index (χ3v) is 8.20. The number of hydrogen-bond acceptors (Lipinski definition) is 2. The van der Waals surface area contributed by atoms with Crippen LogP contribution in [0.5, 0.6) is 5.75 Å². The summed E-state index contributed by atoms with van der Waals surface area (Å²) >= 11 is 0. The van der Waals surface area contributed by atoms with E-state index in [9.17, 15) is 23.4 Å². The quantitative estimate of drug-likeness (QED) is 0.396. The second-order valence-electron chi connectivity index (χ2n) is 10.5. The van der Waals surface area contributed by atoms with Crippen molar-refractivity contribution in [2.75, 3.05) is 0 Å². The fraction of sp³-hybridized carbons (Fsp3) is 0.533. The summed E-state index contributed by atoms with van der Waals surface area (Å²) in [5, 5.41) is 19.6. The number of aryl methyl sites for hydroxylation is 1. The lowest BCUT2D eigenvalue weighted by molar-refractivity contribution is 0.0934. The van der Waals surface area contributed by atoms with Crippen LogP contribution in [0, 0.1) is 29.3 Å². The van der Waals surface area contributed by atoms with Crippen LogP contribution < -0.4 is 0 Å². The van der Waals surface area contributed by atoms with Crippen LogP contribution >= 0.6 is 0 Å². The molecule has 2 atom stereocenters. The molecule has 2 aliphatic rings. The van der Waals surface area contributed by atoms with Crippen LogP contribution in [0.25, 0.3) is 5.57 Å². The van der Waals surface area contributed by atoms with E-state index >= 15 is 0 Å². The van der Waals surface area contributed by atoms with E-state index in [1.165, 1.54) is 12.1 Å². The molecule has 2 N–H and O–H groups in total. The van der Waals surface area contributed by atoms with Crippen LogP contribution in [0.1, 0.15) is 93.7 Å². The number of rotatable bonds is 8. The smallest absolute Gasteiger partial charge is 0.166 e. The Kier molecular flexibility index (Phi) is 8.59. The number of aliphatic hydroxyl groups excluding tert-OH is 1. The number of phenols is 1. The molecule has 2 aromatic carbocycles. The zero-order valence-corrected chi connectivity index (χ0v) is 20.6. The number of phenolic OH excluding ortho intramolecular Hbond substituents is 1. The molecule has 2 unspecified atom stereocenters. The summed E-state index contributed by atoms with van der Waals surface area (Å²) in [6, 6.07) is 8.08. The Morgan fingerprint density at radius 3 is 2.40 bits per heavy atom. The summed E-state index contributed by atoms with van der Waals surface area (Å²) in [5.74, 6) is -1.46. The predicted octanol–water partition coefficient (Wildman–Crippen LogP) is 8.06. The topological polar surface area (TPSA) is 40.5 Å². The van der Waals surface area contributed by atoms with Crippen LogP contribution in [0.3, 0.4) is 0 Å². The van der Waals surface area contributed by atoms with Gasteiger partial charge >= 0.3 is 0 Å². The molecule has 0 bridgehead atoms. The first-order valence-electron chi connectivity index (χ1n) is 13.2. The van der Waals surface area contributed by atoms with E-state index in [-0.39, 0.29) is 23.7 Å². The number of hydrogen-bond donors (Lipinski definition) is 2. The Morgan fingerprint density at radius 2 is 1.74 bits per heavy atom. The Balaban J connectivity index is 1.31. The highest BCUT2D eigenvalue weighted by molar-refractivity contribution is 5.67. The monoisotopic (exact) mass is 486 g/mol. The Hall–Kier alpha value is -2.27. The second kappa shape index (κ2) is 11.6. The molecule has 1 saturated carbocycles. The van der Waals surface area contributed by atoms with E-state index in [1.807, 2.05) is 6.08 Å². The van der Waals surface area contributed by atoms with Gasteiger partial charge < -0.3 is 10.2 Å². The largest absolute Gasteiger partial charge is 0.505 e. The third-order valence-electron chi connectivity index (χ3n) is 8.20. The van der Waals surface area contributed by atoms with E-state index in [1.54, 1.807) is 18.2 Å². The fourth-order valence-corrected chi connectivity index (χ4v) is 5.93. The molecule has 35 heavy (non-hydrogen) atoms. The van der Waals surface area contributed by atoms with Gasteiger partial charge in [-0.2, -0.15) is 0 Å². The minimum Gasteiger partial charge on any atom is -0.505 e. The van der Waals surface area contributed by atoms with Crippen molar-refractivity contribution in [3.63, 3.8) is 0 Å². The van der Waals surface area contributed by atoms with E-state index in [2.05, 4.69) is 6.92 Å². The Labute approximate surface area is 206 Å². The zero-order valence-electron chi connectivity index (χ0n) is 20.6.